The summed E-state index contributed by atoms with van der Waals surface area (Å²) < 4.78 is 5.18. The lowest BCUT2D eigenvalue weighted by Crippen LogP contribution is -2.15. The van der Waals surface area contributed by atoms with Crippen LogP contribution >= 0.6 is 23.4 Å². The number of nitrogens with zero attached hydrogens (tertiary/aromatic N) is 3. The summed E-state index contributed by atoms with van der Waals surface area (Å²) in [5.41, 5.74) is 2.10. The first-order valence-corrected chi connectivity index (χ1v) is 7.80. The quantitative estimate of drug-likeness (QED) is 0.845. The number of anilines is 1. The van der Waals surface area contributed by atoms with Crippen molar-refractivity contribution in [3.05, 3.63) is 34.6 Å². The number of ether oxygens (including phenoxy) is 1. The first-order valence-electron chi connectivity index (χ1n) is 6.43. The van der Waals surface area contributed by atoms with E-state index in [1.54, 1.807) is 18.2 Å². The predicted octanol–water partition coefficient (Wildman–Crippen LogP) is 2.88. The minimum atomic E-state index is -0.201. The van der Waals surface area contributed by atoms with Crippen molar-refractivity contribution >= 4 is 35.0 Å². The van der Waals surface area contributed by atoms with Gasteiger partial charge in [0.25, 0.3) is 0 Å². The van der Waals surface area contributed by atoms with Crippen molar-refractivity contribution < 1.29 is 9.53 Å². The summed E-state index contributed by atoms with van der Waals surface area (Å²) in [7, 11) is 1.53. The molecule has 116 valence electrons. The van der Waals surface area contributed by atoms with Gasteiger partial charge in [0.15, 0.2) is 0 Å². The number of hydrogen-bond donors (Lipinski definition) is 1. The van der Waals surface area contributed by atoms with E-state index in [9.17, 15) is 4.79 Å². The molecular weight excluding hydrogens is 324 g/mol. The zero-order chi connectivity index (χ0) is 16.1. The first-order chi connectivity index (χ1) is 10.5. The van der Waals surface area contributed by atoms with Gasteiger partial charge in [0.1, 0.15) is 5.75 Å². The molecule has 0 atom stereocenters. The van der Waals surface area contributed by atoms with Crippen LogP contribution in [0.1, 0.15) is 11.4 Å². The largest absolute Gasteiger partial charge is 0.495 e. The van der Waals surface area contributed by atoms with E-state index < -0.39 is 0 Å². The molecule has 1 amide bonds. The number of halogens is 1. The van der Waals surface area contributed by atoms with Crippen LogP contribution in [0, 0.1) is 13.8 Å². The predicted molar refractivity (Wildman–Crippen MR) is 86.7 cm³/mol. The van der Waals surface area contributed by atoms with E-state index in [2.05, 4.69) is 20.5 Å². The highest BCUT2D eigenvalue weighted by Crippen LogP contribution is 2.27. The molecule has 6 nitrogen and oxygen atoms in total. The van der Waals surface area contributed by atoms with Crippen LogP contribution in [0.4, 0.5) is 5.69 Å². The average molecular weight is 339 g/mol. The lowest BCUT2D eigenvalue weighted by Gasteiger charge is -2.10. The second-order valence-corrected chi connectivity index (χ2v) is 5.83. The maximum absolute atomic E-state index is 12.0. The standard InChI is InChI=1S/C14H15ClN4O2S/c1-8-9(2)18-19-14(16-8)22-7-13(20)17-11-6-10(15)4-5-12(11)21-3/h4-6H,7H2,1-3H3,(H,17,20). The van der Waals surface area contributed by atoms with Gasteiger partial charge in [0.05, 0.1) is 29.9 Å². The number of aromatic nitrogens is 3. The van der Waals surface area contributed by atoms with Crippen molar-refractivity contribution in [1.29, 1.82) is 0 Å². The van der Waals surface area contributed by atoms with Gasteiger partial charge in [-0.1, -0.05) is 23.4 Å². The minimum Gasteiger partial charge on any atom is -0.495 e. The summed E-state index contributed by atoms with van der Waals surface area (Å²) in [6.45, 7) is 3.69. The van der Waals surface area contributed by atoms with Crippen LogP contribution < -0.4 is 10.1 Å². The Balaban J connectivity index is 1.98. The van der Waals surface area contributed by atoms with Gasteiger partial charge in [-0.25, -0.2) is 4.98 Å². The molecule has 1 aromatic carbocycles. The number of rotatable bonds is 5. The Kier molecular flexibility index (Phi) is 5.57. The molecular formula is C14H15ClN4O2S. The van der Waals surface area contributed by atoms with Crippen molar-refractivity contribution in [3.63, 3.8) is 0 Å². The van der Waals surface area contributed by atoms with Gasteiger partial charge < -0.3 is 10.1 Å². The van der Waals surface area contributed by atoms with Crippen LogP contribution in [0.15, 0.2) is 23.4 Å². The minimum absolute atomic E-state index is 0.167. The fourth-order valence-electron chi connectivity index (χ4n) is 1.59. The number of nitrogens with one attached hydrogen (secondary N) is 1. The molecule has 1 N–H and O–H groups in total. The van der Waals surface area contributed by atoms with E-state index in [-0.39, 0.29) is 11.7 Å². The SMILES string of the molecule is COc1ccc(Cl)cc1NC(=O)CSc1nnc(C)c(C)n1. The average Bonchev–Trinajstić information content (AvgIpc) is 2.49. The third-order valence-corrected chi connectivity index (χ3v) is 3.91. The maximum Gasteiger partial charge on any atom is 0.234 e. The molecule has 2 rings (SSSR count). The molecule has 0 saturated carbocycles. The highest BCUT2D eigenvalue weighted by atomic mass is 35.5. The number of thioether (sulfide) groups is 1. The first kappa shape index (κ1) is 16.5. The summed E-state index contributed by atoms with van der Waals surface area (Å²) in [5, 5.41) is 11.7. The molecule has 0 unspecified atom stereocenters. The second-order valence-electron chi connectivity index (χ2n) is 4.45. The third kappa shape index (κ3) is 4.32. The Morgan fingerprint density at radius 3 is 2.77 bits per heavy atom. The molecule has 0 radical (unpaired) electrons. The fourth-order valence-corrected chi connectivity index (χ4v) is 2.40. The highest BCUT2D eigenvalue weighted by molar-refractivity contribution is 7.99. The van der Waals surface area contributed by atoms with Crippen molar-refractivity contribution in [2.45, 2.75) is 19.0 Å². The molecule has 0 aliphatic heterocycles. The van der Waals surface area contributed by atoms with Crippen molar-refractivity contribution in [1.82, 2.24) is 15.2 Å². The van der Waals surface area contributed by atoms with Gasteiger partial charge in [-0.05, 0) is 32.0 Å². The second kappa shape index (κ2) is 7.42. The summed E-state index contributed by atoms with van der Waals surface area (Å²) in [6.07, 6.45) is 0. The molecule has 0 spiro atoms. The Bertz CT molecular complexity index is 697. The monoisotopic (exact) mass is 338 g/mol. The van der Waals surface area contributed by atoms with E-state index >= 15 is 0 Å². The van der Waals surface area contributed by atoms with Crippen molar-refractivity contribution in [2.75, 3.05) is 18.2 Å². The molecule has 8 heteroatoms. The summed E-state index contributed by atoms with van der Waals surface area (Å²) in [6, 6.07) is 5.03. The number of benzene rings is 1. The lowest BCUT2D eigenvalue weighted by molar-refractivity contribution is -0.113. The zero-order valence-electron chi connectivity index (χ0n) is 12.4. The smallest absolute Gasteiger partial charge is 0.234 e. The fraction of sp³-hybridized carbons (Fsp3) is 0.286. The number of carbonyl (C=O) groups is 1. The van der Waals surface area contributed by atoms with E-state index in [0.29, 0.717) is 21.6 Å². The summed E-state index contributed by atoms with van der Waals surface area (Å²) >= 11 is 7.14. The van der Waals surface area contributed by atoms with Gasteiger partial charge >= 0.3 is 0 Å². The van der Waals surface area contributed by atoms with Crippen LogP contribution in [-0.4, -0.2) is 34.0 Å². The van der Waals surface area contributed by atoms with E-state index in [1.165, 1.54) is 18.9 Å². The number of methoxy groups -OCH3 is 1. The summed E-state index contributed by atoms with van der Waals surface area (Å²) in [4.78, 5) is 16.3. The van der Waals surface area contributed by atoms with Crippen LogP contribution in [-0.2, 0) is 4.79 Å². The van der Waals surface area contributed by atoms with Crippen molar-refractivity contribution in [2.24, 2.45) is 0 Å². The van der Waals surface area contributed by atoms with Crippen LogP contribution in [0.5, 0.6) is 5.75 Å². The Morgan fingerprint density at radius 1 is 1.32 bits per heavy atom. The third-order valence-electron chi connectivity index (χ3n) is 2.84. The van der Waals surface area contributed by atoms with Crippen molar-refractivity contribution in [3.8, 4) is 5.75 Å². The molecule has 1 heterocycles. The zero-order valence-corrected chi connectivity index (χ0v) is 14.0. The van der Waals surface area contributed by atoms with Crippen LogP contribution in [0.3, 0.4) is 0 Å². The van der Waals surface area contributed by atoms with E-state index in [0.717, 1.165) is 11.4 Å². The highest BCUT2D eigenvalue weighted by Gasteiger charge is 2.10. The Hall–Kier alpha value is -1.86. The molecule has 0 fully saturated rings. The van der Waals surface area contributed by atoms with Gasteiger partial charge in [-0.3, -0.25) is 4.79 Å². The number of amides is 1. The van der Waals surface area contributed by atoms with Gasteiger partial charge in [-0.15, -0.1) is 5.10 Å². The van der Waals surface area contributed by atoms with Crippen LogP contribution in [0.25, 0.3) is 0 Å². The van der Waals surface area contributed by atoms with Gasteiger partial charge in [0, 0.05) is 5.02 Å². The van der Waals surface area contributed by atoms with Gasteiger partial charge in [-0.2, -0.15) is 5.10 Å². The number of hydrogen-bond acceptors (Lipinski definition) is 6. The van der Waals surface area contributed by atoms with Gasteiger partial charge in [0.2, 0.25) is 11.1 Å². The molecule has 0 aliphatic rings. The topological polar surface area (TPSA) is 77.0 Å². The molecule has 2 aromatic rings. The molecule has 22 heavy (non-hydrogen) atoms. The Morgan fingerprint density at radius 2 is 2.09 bits per heavy atom. The molecule has 0 aliphatic carbocycles. The molecule has 0 saturated heterocycles. The van der Waals surface area contributed by atoms with Crippen LogP contribution in [0.2, 0.25) is 5.02 Å². The van der Waals surface area contributed by atoms with E-state index in [4.69, 9.17) is 16.3 Å². The van der Waals surface area contributed by atoms with E-state index in [1.807, 2.05) is 13.8 Å². The number of aryl methyl sites for hydroxylation is 2. The molecule has 1 aromatic heterocycles. The molecule has 0 bridgehead atoms. The normalized spacial score (nSPS) is 10.4. The number of carbonyl (C=O) groups excluding carboxylic acids is 1. The lowest BCUT2D eigenvalue weighted by atomic mass is 10.3. The summed E-state index contributed by atoms with van der Waals surface area (Å²) in [5.74, 6) is 0.513. The Labute approximate surface area is 137 Å². The maximum atomic E-state index is 12.0.